The summed E-state index contributed by atoms with van der Waals surface area (Å²) in [5.74, 6) is -0.309. The van der Waals surface area contributed by atoms with E-state index in [-0.39, 0.29) is 39.8 Å². The average molecular weight is 532 g/mol. The highest BCUT2D eigenvalue weighted by molar-refractivity contribution is 7.99. The van der Waals surface area contributed by atoms with E-state index in [0.717, 1.165) is 28.2 Å². The minimum absolute atomic E-state index is 0.00538. The maximum atomic E-state index is 12.7. The summed E-state index contributed by atoms with van der Waals surface area (Å²) in [5, 5.41) is 11.8. The Morgan fingerprint density at radius 3 is 2.56 bits per heavy atom. The Kier molecular flexibility index (Phi) is 8.75. The Morgan fingerprint density at radius 1 is 1.19 bits per heavy atom. The van der Waals surface area contributed by atoms with Gasteiger partial charge in [-0.15, -0.1) is 21.5 Å². The molecule has 192 valence electrons. The van der Waals surface area contributed by atoms with Crippen LogP contribution < -0.4 is 15.8 Å². The number of benzene rings is 1. The second kappa shape index (κ2) is 11.6. The number of nitrogens with two attached hydrogens (primary N) is 1. The molecule has 12 heteroatoms. The van der Waals surface area contributed by atoms with E-state index in [1.54, 1.807) is 32.4 Å². The number of thiophene rings is 1. The number of nitrogens with zero attached hydrogens (tertiary/aromatic N) is 3. The van der Waals surface area contributed by atoms with Gasteiger partial charge in [-0.1, -0.05) is 29.5 Å². The lowest BCUT2D eigenvalue weighted by atomic mass is 10.1. The molecule has 10 nitrogen and oxygen atoms in total. The zero-order valence-corrected chi connectivity index (χ0v) is 22.6. The summed E-state index contributed by atoms with van der Waals surface area (Å²) in [6, 6.07) is 5.94. The standard InChI is InChI=1S/C24H29N5O5S2/c1-12(2)34-23(32)19-15(5)20(21(25)31)36-22(19)26-18(30)11-35-24-28-27-17(29(24)6)10-33-16-8-7-13(3)9-14(16)4/h7-9,12H,10-11H2,1-6H3,(H2,25,31)(H,26,30). The van der Waals surface area contributed by atoms with Gasteiger partial charge in [-0.3, -0.25) is 9.59 Å². The number of hydrogen-bond donors (Lipinski definition) is 2. The van der Waals surface area contributed by atoms with Crippen molar-refractivity contribution < 1.29 is 23.9 Å². The van der Waals surface area contributed by atoms with Crippen LogP contribution in [0.4, 0.5) is 5.00 Å². The van der Waals surface area contributed by atoms with E-state index < -0.39 is 11.9 Å². The van der Waals surface area contributed by atoms with Gasteiger partial charge in [-0.25, -0.2) is 4.79 Å². The van der Waals surface area contributed by atoms with E-state index in [0.29, 0.717) is 16.5 Å². The van der Waals surface area contributed by atoms with Crippen LogP contribution in [0.25, 0.3) is 0 Å². The third-order valence-corrected chi connectivity index (χ3v) is 7.36. The maximum absolute atomic E-state index is 12.7. The topological polar surface area (TPSA) is 138 Å². The Bertz CT molecular complexity index is 1300. The van der Waals surface area contributed by atoms with Gasteiger partial charge in [0.05, 0.1) is 22.3 Å². The number of primary amides is 1. The van der Waals surface area contributed by atoms with E-state index >= 15 is 0 Å². The van der Waals surface area contributed by atoms with Gasteiger partial charge in [0.1, 0.15) is 17.4 Å². The molecule has 36 heavy (non-hydrogen) atoms. The molecular formula is C24H29N5O5S2. The lowest BCUT2D eigenvalue weighted by Gasteiger charge is -2.10. The third-order valence-electron chi connectivity index (χ3n) is 5.12. The SMILES string of the molecule is Cc1ccc(OCc2nnc(SCC(=O)Nc3sc(C(N)=O)c(C)c3C(=O)OC(C)C)n2C)c(C)c1. The fourth-order valence-corrected chi connectivity index (χ4v) is 5.14. The van der Waals surface area contributed by atoms with Crippen LogP contribution in [0.15, 0.2) is 23.4 Å². The van der Waals surface area contributed by atoms with Crippen molar-refractivity contribution in [3.05, 3.63) is 51.2 Å². The quantitative estimate of drug-likeness (QED) is 0.298. The molecule has 0 atom stereocenters. The molecule has 2 heterocycles. The largest absolute Gasteiger partial charge is 0.485 e. The van der Waals surface area contributed by atoms with Gasteiger partial charge in [0, 0.05) is 7.05 Å². The van der Waals surface area contributed by atoms with E-state index in [4.69, 9.17) is 15.2 Å². The van der Waals surface area contributed by atoms with Crippen molar-refractivity contribution in [3.8, 4) is 5.75 Å². The summed E-state index contributed by atoms with van der Waals surface area (Å²) in [7, 11) is 1.79. The highest BCUT2D eigenvalue weighted by Gasteiger charge is 2.26. The predicted octanol–water partition coefficient (Wildman–Crippen LogP) is 3.78. The summed E-state index contributed by atoms with van der Waals surface area (Å²) in [5.41, 5.74) is 8.13. The van der Waals surface area contributed by atoms with Crippen LogP contribution >= 0.6 is 23.1 Å². The molecule has 3 rings (SSSR count). The van der Waals surface area contributed by atoms with Crippen molar-refractivity contribution in [2.24, 2.45) is 12.8 Å². The summed E-state index contributed by atoms with van der Waals surface area (Å²) >= 11 is 2.13. The van der Waals surface area contributed by atoms with Gasteiger partial charge >= 0.3 is 5.97 Å². The molecule has 0 aliphatic heterocycles. The predicted molar refractivity (Wildman–Crippen MR) is 139 cm³/mol. The molecule has 1 aromatic carbocycles. The van der Waals surface area contributed by atoms with Crippen LogP contribution in [0.1, 0.15) is 56.4 Å². The highest BCUT2D eigenvalue weighted by Crippen LogP contribution is 2.34. The normalized spacial score (nSPS) is 11.0. The van der Waals surface area contributed by atoms with Crippen molar-refractivity contribution in [1.29, 1.82) is 0 Å². The molecule has 0 saturated carbocycles. The number of aromatic nitrogens is 3. The smallest absolute Gasteiger partial charge is 0.341 e. The summed E-state index contributed by atoms with van der Waals surface area (Å²) in [4.78, 5) is 37.2. The third kappa shape index (κ3) is 6.43. The van der Waals surface area contributed by atoms with Gasteiger partial charge in [-0.05, 0) is 51.8 Å². The van der Waals surface area contributed by atoms with Gasteiger partial charge in [0.15, 0.2) is 11.0 Å². The highest BCUT2D eigenvalue weighted by atomic mass is 32.2. The lowest BCUT2D eigenvalue weighted by molar-refractivity contribution is -0.113. The van der Waals surface area contributed by atoms with Crippen molar-refractivity contribution in [2.75, 3.05) is 11.1 Å². The molecule has 0 radical (unpaired) electrons. The summed E-state index contributed by atoms with van der Waals surface area (Å²) in [6.45, 7) is 9.25. The number of nitrogens with one attached hydrogen (secondary N) is 1. The van der Waals surface area contributed by atoms with Crippen LogP contribution in [-0.2, 0) is 23.2 Å². The number of hydrogen-bond acceptors (Lipinski definition) is 9. The molecule has 3 aromatic rings. The van der Waals surface area contributed by atoms with E-state index in [2.05, 4.69) is 15.5 Å². The Hall–Kier alpha value is -3.38. The van der Waals surface area contributed by atoms with Crippen molar-refractivity contribution in [3.63, 3.8) is 0 Å². The second-order valence-corrected chi connectivity index (χ2v) is 10.4. The number of rotatable bonds is 10. The average Bonchev–Trinajstić information content (AvgIpc) is 3.30. The molecule has 3 N–H and O–H groups in total. The molecule has 2 aromatic heterocycles. The molecule has 0 unspecified atom stereocenters. The van der Waals surface area contributed by atoms with E-state index in [1.165, 1.54) is 11.8 Å². The maximum Gasteiger partial charge on any atom is 0.341 e. The minimum Gasteiger partial charge on any atom is -0.485 e. The zero-order chi connectivity index (χ0) is 26.6. The van der Waals surface area contributed by atoms with Gasteiger partial charge < -0.3 is 25.1 Å². The first-order valence-corrected chi connectivity index (χ1v) is 12.9. The van der Waals surface area contributed by atoms with Gasteiger partial charge in [0.25, 0.3) is 5.91 Å². The summed E-state index contributed by atoms with van der Waals surface area (Å²) < 4.78 is 12.9. The molecule has 0 spiro atoms. The Morgan fingerprint density at radius 2 is 1.92 bits per heavy atom. The van der Waals surface area contributed by atoms with Crippen molar-refractivity contribution >= 4 is 45.9 Å². The molecule has 0 aliphatic carbocycles. The van der Waals surface area contributed by atoms with Crippen molar-refractivity contribution in [2.45, 2.75) is 52.5 Å². The molecular weight excluding hydrogens is 502 g/mol. The molecule has 0 fully saturated rings. The monoisotopic (exact) mass is 531 g/mol. The van der Waals surface area contributed by atoms with Crippen LogP contribution in [0.3, 0.4) is 0 Å². The number of aryl methyl sites for hydroxylation is 2. The van der Waals surface area contributed by atoms with Crippen LogP contribution in [-0.4, -0.2) is 44.4 Å². The van der Waals surface area contributed by atoms with Gasteiger partial charge in [0.2, 0.25) is 5.91 Å². The van der Waals surface area contributed by atoms with Crippen LogP contribution in [0.2, 0.25) is 0 Å². The summed E-state index contributed by atoms with van der Waals surface area (Å²) in [6.07, 6.45) is -0.364. The number of carbonyl (C=O) groups is 3. The Labute approximate surface area is 217 Å². The zero-order valence-electron chi connectivity index (χ0n) is 21.0. The number of anilines is 1. The number of amides is 2. The molecule has 0 saturated heterocycles. The van der Waals surface area contributed by atoms with Crippen LogP contribution in [0, 0.1) is 20.8 Å². The second-order valence-electron chi connectivity index (χ2n) is 8.43. The number of carbonyl (C=O) groups excluding carboxylic acids is 3. The van der Waals surface area contributed by atoms with E-state index in [1.807, 2.05) is 32.0 Å². The fourth-order valence-electron chi connectivity index (χ4n) is 3.35. The Balaban J connectivity index is 1.65. The molecule has 0 bridgehead atoms. The fraction of sp³-hybridized carbons (Fsp3) is 0.375. The van der Waals surface area contributed by atoms with Gasteiger partial charge in [-0.2, -0.15) is 0 Å². The first kappa shape index (κ1) is 27.2. The number of thioether (sulfide) groups is 1. The lowest BCUT2D eigenvalue weighted by Crippen LogP contribution is -2.18. The first-order chi connectivity index (χ1) is 17.0. The molecule has 2 amide bonds. The molecule has 0 aliphatic rings. The van der Waals surface area contributed by atoms with Crippen molar-refractivity contribution in [1.82, 2.24) is 14.8 Å². The number of esters is 1. The van der Waals surface area contributed by atoms with E-state index in [9.17, 15) is 14.4 Å². The minimum atomic E-state index is -0.680. The first-order valence-electron chi connectivity index (χ1n) is 11.1. The van der Waals surface area contributed by atoms with Crippen LogP contribution in [0.5, 0.6) is 5.75 Å². The number of ether oxygens (including phenoxy) is 2.